The molecule has 7 heteroatoms. The Labute approximate surface area is 178 Å². The molecule has 7 nitrogen and oxygen atoms in total. The first-order valence-corrected chi connectivity index (χ1v) is 10.1. The van der Waals surface area contributed by atoms with Gasteiger partial charge in [-0.25, -0.2) is 0 Å². The van der Waals surface area contributed by atoms with Crippen molar-refractivity contribution in [3.63, 3.8) is 0 Å². The Morgan fingerprint density at radius 3 is 2.43 bits per heavy atom. The molecule has 0 unspecified atom stereocenters. The maximum Gasteiger partial charge on any atom is 0.251 e. The first-order valence-electron chi connectivity index (χ1n) is 10.1. The van der Waals surface area contributed by atoms with E-state index in [2.05, 4.69) is 33.1 Å². The molecule has 30 heavy (non-hydrogen) atoms. The van der Waals surface area contributed by atoms with Crippen LogP contribution >= 0.6 is 0 Å². The van der Waals surface area contributed by atoms with Crippen molar-refractivity contribution in [1.82, 2.24) is 16.0 Å². The van der Waals surface area contributed by atoms with Crippen LogP contribution < -0.4 is 20.7 Å². The van der Waals surface area contributed by atoms with Gasteiger partial charge in [0.1, 0.15) is 12.4 Å². The summed E-state index contributed by atoms with van der Waals surface area (Å²) in [4.78, 5) is 15.9. The molecule has 2 rings (SSSR count). The number of hydrogen-bond donors (Lipinski definition) is 3. The quantitative estimate of drug-likeness (QED) is 0.317. The summed E-state index contributed by atoms with van der Waals surface area (Å²) in [5.41, 5.74) is 3.89. The summed E-state index contributed by atoms with van der Waals surface area (Å²) < 4.78 is 11.2. The second kappa shape index (κ2) is 12.5. The lowest BCUT2D eigenvalue weighted by Gasteiger charge is -2.16. The van der Waals surface area contributed by atoms with Gasteiger partial charge in [0.25, 0.3) is 5.91 Å². The summed E-state index contributed by atoms with van der Waals surface area (Å²) in [6.45, 7) is 6.96. The standard InChI is InChI=1S/C23H32N4O3/c1-5-29-12-13-30-21-14-17(2)6-9-20(21)16-27-23(25-4)26-15-18-7-10-19(11-8-18)22(28)24-3/h6-11,14H,5,12-13,15-16H2,1-4H3,(H,24,28)(H2,25,26,27). The molecule has 1 amide bonds. The molecule has 0 spiro atoms. The number of hydrogen-bond acceptors (Lipinski definition) is 4. The monoisotopic (exact) mass is 412 g/mol. The summed E-state index contributed by atoms with van der Waals surface area (Å²) in [6, 6.07) is 13.6. The van der Waals surface area contributed by atoms with Crippen LogP contribution in [0.15, 0.2) is 47.5 Å². The Kier molecular flexibility index (Phi) is 9.67. The highest BCUT2D eigenvalue weighted by molar-refractivity contribution is 5.93. The molecule has 162 valence electrons. The summed E-state index contributed by atoms with van der Waals surface area (Å²) in [5.74, 6) is 1.44. The van der Waals surface area contributed by atoms with Crippen molar-refractivity contribution in [2.45, 2.75) is 26.9 Å². The minimum absolute atomic E-state index is 0.0932. The average molecular weight is 413 g/mol. The number of rotatable bonds is 10. The molecule has 0 saturated heterocycles. The van der Waals surface area contributed by atoms with E-state index in [1.807, 2.05) is 44.2 Å². The van der Waals surface area contributed by atoms with E-state index in [1.165, 1.54) is 0 Å². The molecule has 3 N–H and O–H groups in total. The zero-order valence-electron chi connectivity index (χ0n) is 18.2. The lowest BCUT2D eigenvalue weighted by molar-refractivity contribution is 0.0963. The predicted molar refractivity (Wildman–Crippen MR) is 120 cm³/mol. The molecule has 0 aliphatic heterocycles. The summed E-state index contributed by atoms with van der Waals surface area (Å²) in [5, 5.41) is 9.22. The Balaban J connectivity index is 1.90. The van der Waals surface area contributed by atoms with Crippen LogP contribution in [0.2, 0.25) is 0 Å². The van der Waals surface area contributed by atoms with Gasteiger partial charge in [0.15, 0.2) is 5.96 Å². The molecular formula is C23H32N4O3. The number of nitrogens with zero attached hydrogens (tertiary/aromatic N) is 1. The first-order chi connectivity index (χ1) is 14.6. The van der Waals surface area contributed by atoms with Crippen molar-refractivity contribution in [2.24, 2.45) is 4.99 Å². The van der Waals surface area contributed by atoms with Gasteiger partial charge in [-0.2, -0.15) is 0 Å². The Morgan fingerprint density at radius 2 is 1.77 bits per heavy atom. The Morgan fingerprint density at radius 1 is 1.03 bits per heavy atom. The van der Waals surface area contributed by atoms with E-state index in [4.69, 9.17) is 9.47 Å². The summed E-state index contributed by atoms with van der Waals surface area (Å²) in [6.07, 6.45) is 0. The lowest BCUT2D eigenvalue weighted by Crippen LogP contribution is -2.36. The van der Waals surface area contributed by atoms with Crippen LogP contribution in [0.25, 0.3) is 0 Å². The number of aryl methyl sites for hydroxylation is 1. The van der Waals surface area contributed by atoms with Crippen molar-refractivity contribution < 1.29 is 14.3 Å². The minimum atomic E-state index is -0.0932. The number of aliphatic imine (C=N–C) groups is 1. The molecule has 0 bridgehead atoms. The number of carbonyl (C=O) groups excluding carboxylic acids is 1. The molecule has 2 aromatic rings. The molecule has 0 aliphatic carbocycles. The number of nitrogens with one attached hydrogen (secondary N) is 3. The minimum Gasteiger partial charge on any atom is -0.491 e. The highest BCUT2D eigenvalue weighted by Crippen LogP contribution is 2.20. The van der Waals surface area contributed by atoms with E-state index in [0.717, 1.165) is 22.4 Å². The Bertz CT molecular complexity index is 835. The van der Waals surface area contributed by atoms with Crippen molar-refractivity contribution in [1.29, 1.82) is 0 Å². The largest absolute Gasteiger partial charge is 0.491 e. The van der Waals surface area contributed by atoms with Gasteiger partial charge in [-0.05, 0) is 43.2 Å². The zero-order valence-corrected chi connectivity index (χ0v) is 18.2. The van der Waals surface area contributed by atoms with Crippen LogP contribution in [-0.2, 0) is 17.8 Å². The van der Waals surface area contributed by atoms with E-state index in [0.29, 0.717) is 44.4 Å². The number of benzene rings is 2. The molecule has 0 saturated carbocycles. The molecule has 0 aliphatic rings. The van der Waals surface area contributed by atoms with Crippen LogP contribution in [0.4, 0.5) is 0 Å². The van der Waals surface area contributed by atoms with E-state index in [9.17, 15) is 4.79 Å². The molecule has 0 aromatic heterocycles. The second-order valence-corrected chi connectivity index (χ2v) is 6.71. The average Bonchev–Trinajstić information content (AvgIpc) is 2.77. The van der Waals surface area contributed by atoms with Gasteiger partial charge in [0.2, 0.25) is 0 Å². The maximum atomic E-state index is 11.6. The normalized spacial score (nSPS) is 11.1. The maximum absolute atomic E-state index is 11.6. The fourth-order valence-corrected chi connectivity index (χ4v) is 2.80. The van der Waals surface area contributed by atoms with Gasteiger partial charge in [-0.1, -0.05) is 24.3 Å². The van der Waals surface area contributed by atoms with Gasteiger partial charge in [0, 0.05) is 44.9 Å². The van der Waals surface area contributed by atoms with E-state index >= 15 is 0 Å². The van der Waals surface area contributed by atoms with Crippen LogP contribution in [0.3, 0.4) is 0 Å². The molecule has 2 aromatic carbocycles. The molecule has 0 fully saturated rings. The van der Waals surface area contributed by atoms with E-state index in [-0.39, 0.29) is 5.91 Å². The van der Waals surface area contributed by atoms with Crippen LogP contribution in [0.1, 0.15) is 34.0 Å². The third-order valence-corrected chi connectivity index (χ3v) is 4.49. The fourth-order valence-electron chi connectivity index (χ4n) is 2.80. The third kappa shape index (κ3) is 7.40. The van der Waals surface area contributed by atoms with Crippen molar-refractivity contribution in [2.75, 3.05) is 33.9 Å². The number of amides is 1. The molecule has 0 heterocycles. The van der Waals surface area contributed by atoms with Gasteiger partial charge in [-0.15, -0.1) is 0 Å². The third-order valence-electron chi connectivity index (χ3n) is 4.49. The van der Waals surface area contributed by atoms with Gasteiger partial charge < -0.3 is 25.4 Å². The second-order valence-electron chi connectivity index (χ2n) is 6.71. The molecule has 0 radical (unpaired) electrons. The van der Waals surface area contributed by atoms with Crippen LogP contribution in [0, 0.1) is 6.92 Å². The lowest BCUT2D eigenvalue weighted by atomic mass is 10.1. The number of carbonyl (C=O) groups is 1. The summed E-state index contributed by atoms with van der Waals surface area (Å²) >= 11 is 0. The van der Waals surface area contributed by atoms with Crippen molar-refractivity contribution >= 4 is 11.9 Å². The molecular weight excluding hydrogens is 380 g/mol. The first kappa shape index (κ1) is 23.2. The van der Waals surface area contributed by atoms with Crippen molar-refractivity contribution in [3.8, 4) is 5.75 Å². The van der Waals surface area contributed by atoms with E-state index < -0.39 is 0 Å². The highest BCUT2D eigenvalue weighted by atomic mass is 16.5. The zero-order chi connectivity index (χ0) is 21.8. The van der Waals surface area contributed by atoms with Gasteiger partial charge in [-0.3, -0.25) is 9.79 Å². The van der Waals surface area contributed by atoms with Gasteiger partial charge >= 0.3 is 0 Å². The summed E-state index contributed by atoms with van der Waals surface area (Å²) in [7, 11) is 3.36. The topological polar surface area (TPSA) is 84.0 Å². The predicted octanol–water partition coefficient (Wildman–Crippen LogP) is 2.64. The highest BCUT2D eigenvalue weighted by Gasteiger charge is 2.07. The van der Waals surface area contributed by atoms with E-state index in [1.54, 1.807) is 14.1 Å². The fraction of sp³-hybridized carbons (Fsp3) is 0.391. The number of guanidine groups is 1. The SMILES string of the molecule is CCOCCOc1cc(C)ccc1CNC(=NC)NCc1ccc(C(=O)NC)cc1. The van der Waals surface area contributed by atoms with Gasteiger partial charge in [0.05, 0.1) is 6.61 Å². The Hall–Kier alpha value is -3.06. The number of ether oxygens (including phenoxy) is 2. The van der Waals surface area contributed by atoms with Crippen molar-refractivity contribution in [3.05, 3.63) is 64.7 Å². The smallest absolute Gasteiger partial charge is 0.251 e. The van der Waals surface area contributed by atoms with Crippen LogP contribution in [0.5, 0.6) is 5.75 Å². The van der Waals surface area contributed by atoms with Crippen LogP contribution in [-0.4, -0.2) is 45.8 Å². The molecule has 0 atom stereocenters.